The second kappa shape index (κ2) is 6.02. The first kappa shape index (κ1) is 15.3. The van der Waals surface area contributed by atoms with Crippen molar-refractivity contribution in [1.82, 2.24) is 0 Å². The van der Waals surface area contributed by atoms with Crippen LogP contribution in [-0.4, -0.2) is 25.7 Å². The van der Waals surface area contributed by atoms with Crippen molar-refractivity contribution in [2.24, 2.45) is 29.6 Å². The topological polar surface area (TPSA) is 18.5 Å². The molecule has 5 saturated carbocycles. The van der Waals surface area contributed by atoms with Crippen molar-refractivity contribution in [2.75, 3.05) is 14.2 Å². The Labute approximate surface area is 139 Å². The van der Waals surface area contributed by atoms with E-state index >= 15 is 0 Å². The lowest BCUT2D eigenvalue weighted by Gasteiger charge is -2.52. The third kappa shape index (κ3) is 2.60. The number of alkyl halides is 1. The normalized spacial score (nSPS) is 46.9. The highest BCUT2D eigenvalue weighted by molar-refractivity contribution is 6.20. The van der Waals surface area contributed by atoms with Crippen LogP contribution in [0.4, 0.5) is 0 Å². The molecule has 22 heavy (non-hydrogen) atoms. The summed E-state index contributed by atoms with van der Waals surface area (Å²) >= 11 is 6.52. The molecule has 0 heterocycles. The van der Waals surface area contributed by atoms with Gasteiger partial charge in [0.25, 0.3) is 0 Å². The quantitative estimate of drug-likeness (QED) is 0.550. The van der Waals surface area contributed by atoms with Crippen LogP contribution in [0.1, 0.15) is 51.4 Å². The average Bonchev–Trinajstić information content (AvgIpc) is 2.49. The highest BCUT2D eigenvalue weighted by atomic mass is 35.5. The van der Waals surface area contributed by atoms with Gasteiger partial charge in [0.2, 0.25) is 0 Å². The summed E-state index contributed by atoms with van der Waals surface area (Å²) in [6.45, 7) is 0. The third-order valence-electron chi connectivity index (χ3n) is 6.83. The average molecular weight is 325 g/mol. The van der Waals surface area contributed by atoms with E-state index in [1.165, 1.54) is 37.9 Å². The van der Waals surface area contributed by atoms with Crippen LogP contribution in [0.25, 0.3) is 0 Å². The summed E-state index contributed by atoms with van der Waals surface area (Å²) in [5.74, 6) is 5.40. The van der Waals surface area contributed by atoms with Gasteiger partial charge in [0.05, 0.1) is 19.0 Å². The number of ether oxygens (including phenoxy) is 2. The van der Waals surface area contributed by atoms with Crippen molar-refractivity contribution in [3.8, 4) is 0 Å². The molecule has 2 nitrogen and oxygen atoms in total. The number of halogens is 1. The van der Waals surface area contributed by atoms with Crippen molar-refractivity contribution in [3.05, 3.63) is 11.3 Å². The number of hydrogen-bond acceptors (Lipinski definition) is 2. The minimum absolute atomic E-state index is 0.228. The Bertz CT molecular complexity index is 428. The molecule has 0 aromatic rings. The summed E-state index contributed by atoms with van der Waals surface area (Å²) < 4.78 is 11.7. The van der Waals surface area contributed by atoms with E-state index in [9.17, 15) is 0 Å². The molecule has 4 bridgehead atoms. The van der Waals surface area contributed by atoms with Crippen LogP contribution in [-0.2, 0) is 9.47 Å². The van der Waals surface area contributed by atoms with Gasteiger partial charge in [-0.1, -0.05) is 0 Å². The van der Waals surface area contributed by atoms with Gasteiger partial charge in [0.1, 0.15) is 0 Å². The summed E-state index contributed by atoms with van der Waals surface area (Å²) in [5.41, 5.74) is 1.69. The molecular weight excluding hydrogens is 296 g/mol. The van der Waals surface area contributed by atoms with E-state index < -0.39 is 0 Å². The molecule has 0 aliphatic heterocycles. The Morgan fingerprint density at radius 1 is 0.864 bits per heavy atom. The van der Waals surface area contributed by atoms with Crippen molar-refractivity contribution in [2.45, 2.75) is 62.8 Å². The molecule has 5 aliphatic carbocycles. The summed E-state index contributed by atoms with van der Waals surface area (Å²) in [6, 6.07) is 0. The first-order valence-corrected chi connectivity index (χ1v) is 9.56. The molecule has 3 atom stereocenters. The van der Waals surface area contributed by atoms with E-state index in [1.54, 1.807) is 5.57 Å². The van der Waals surface area contributed by atoms with Crippen molar-refractivity contribution in [1.29, 1.82) is 0 Å². The minimum Gasteiger partial charge on any atom is -0.501 e. The molecular formula is C19H29ClO2. The van der Waals surface area contributed by atoms with Crippen LogP contribution in [0.15, 0.2) is 11.3 Å². The fraction of sp³-hybridized carbons (Fsp3) is 0.895. The summed E-state index contributed by atoms with van der Waals surface area (Å²) in [5, 5.41) is 0.228. The molecule has 3 heteroatoms. The molecule has 3 unspecified atom stereocenters. The van der Waals surface area contributed by atoms with E-state index in [4.69, 9.17) is 21.1 Å². The molecule has 0 N–H and O–H groups in total. The van der Waals surface area contributed by atoms with Crippen LogP contribution < -0.4 is 0 Å². The van der Waals surface area contributed by atoms with Gasteiger partial charge in [-0.15, -0.1) is 11.6 Å². The first-order valence-electron chi connectivity index (χ1n) is 9.12. The van der Waals surface area contributed by atoms with Gasteiger partial charge in [0, 0.05) is 18.4 Å². The lowest BCUT2D eigenvalue weighted by molar-refractivity contribution is 0.0356. The fourth-order valence-corrected chi connectivity index (χ4v) is 6.63. The maximum absolute atomic E-state index is 6.52. The molecule has 0 amide bonds. The van der Waals surface area contributed by atoms with Gasteiger partial charge in [-0.3, -0.25) is 0 Å². The zero-order chi connectivity index (χ0) is 15.3. The van der Waals surface area contributed by atoms with Gasteiger partial charge < -0.3 is 9.47 Å². The van der Waals surface area contributed by atoms with E-state index in [0.29, 0.717) is 12.0 Å². The van der Waals surface area contributed by atoms with Crippen molar-refractivity contribution < 1.29 is 9.47 Å². The van der Waals surface area contributed by atoms with Crippen LogP contribution in [0.3, 0.4) is 0 Å². The summed E-state index contributed by atoms with van der Waals surface area (Å²) in [7, 11) is 3.70. The Morgan fingerprint density at radius 3 is 2.05 bits per heavy atom. The van der Waals surface area contributed by atoms with Crippen LogP contribution in [0.5, 0.6) is 0 Å². The lowest BCUT2D eigenvalue weighted by Crippen LogP contribution is -2.42. The second-order valence-electron chi connectivity index (χ2n) is 8.19. The zero-order valence-corrected chi connectivity index (χ0v) is 14.6. The third-order valence-corrected chi connectivity index (χ3v) is 7.19. The maximum Gasteiger partial charge on any atom is 0.0985 e. The Balaban J connectivity index is 1.63. The van der Waals surface area contributed by atoms with E-state index in [1.807, 2.05) is 14.2 Å². The standard InChI is InChI=1S/C19H29ClO2/c1-21-17-9-15(8-16(20)10-17)19(22-2)18-13-4-11-3-12(6-13)7-14(18)5-11/h11-17H,3-10H2,1-2H3. The van der Waals surface area contributed by atoms with Crippen LogP contribution in [0.2, 0.25) is 0 Å². The van der Waals surface area contributed by atoms with Crippen molar-refractivity contribution in [3.63, 3.8) is 0 Å². The van der Waals surface area contributed by atoms with Gasteiger partial charge in [-0.05, 0) is 80.6 Å². The SMILES string of the molecule is COC(=C1C2CC3CC(C2)CC1C3)C1CC(Cl)CC(OC)C1. The Hall–Kier alpha value is -0.210. The Morgan fingerprint density at radius 2 is 1.50 bits per heavy atom. The largest absolute Gasteiger partial charge is 0.501 e. The minimum atomic E-state index is 0.228. The molecule has 5 aliphatic rings. The van der Waals surface area contributed by atoms with Gasteiger partial charge >= 0.3 is 0 Å². The predicted octanol–water partition coefficient (Wildman–Crippen LogP) is 4.77. The number of allylic oxidation sites excluding steroid dienone is 2. The maximum atomic E-state index is 6.52. The van der Waals surface area contributed by atoms with Gasteiger partial charge in [-0.2, -0.15) is 0 Å². The van der Waals surface area contributed by atoms with Gasteiger partial charge in [0.15, 0.2) is 0 Å². The van der Waals surface area contributed by atoms with Crippen molar-refractivity contribution >= 4 is 11.6 Å². The number of rotatable bonds is 3. The molecule has 5 rings (SSSR count). The monoisotopic (exact) mass is 324 g/mol. The summed E-state index contributed by atoms with van der Waals surface area (Å²) in [4.78, 5) is 0. The second-order valence-corrected chi connectivity index (χ2v) is 8.80. The number of hydrogen-bond donors (Lipinski definition) is 0. The molecule has 0 saturated heterocycles. The molecule has 0 aromatic heterocycles. The number of methoxy groups -OCH3 is 2. The summed E-state index contributed by atoms with van der Waals surface area (Å²) in [6.07, 6.45) is 10.6. The highest BCUT2D eigenvalue weighted by Gasteiger charge is 2.47. The molecule has 0 radical (unpaired) electrons. The highest BCUT2D eigenvalue weighted by Crippen LogP contribution is 2.58. The van der Waals surface area contributed by atoms with E-state index in [2.05, 4.69) is 0 Å². The zero-order valence-electron chi connectivity index (χ0n) is 13.9. The first-order chi connectivity index (χ1) is 10.7. The lowest BCUT2D eigenvalue weighted by atomic mass is 9.53. The smallest absolute Gasteiger partial charge is 0.0985 e. The van der Waals surface area contributed by atoms with Gasteiger partial charge in [-0.25, -0.2) is 0 Å². The van der Waals surface area contributed by atoms with Crippen LogP contribution >= 0.6 is 11.6 Å². The van der Waals surface area contributed by atoms with E-state index in [-0.39, 0.29) is 5.38 Å². The fourth-order valence-electron chi connectivity index (χ4n) is 6.22. The molecule has 0 spiro atoms. The molecule has 124 valence electrons. The molecule has 5 fully saturated rings. The molecule has 0 aromatic carbocycles. The predicted molar refractivity (Wildman–Crippen MR) is 88.9 cm³/mol. The Kier molecular flexibility index (Phi) is 4.19. The van der Waals surface area contributed by atoms with Crippen LogP contribution in [0, 0.1) is 29.6 Å². The van der Waals surface area contributed by atoms with E-state index in [0.717, 1.165) is 42.9 Å².